The van der Waals surface area contributed by atoms with E-state index in [0.29, 0.717) is 11.5 Å². The molecule has 5 heteroatoms. The number of nitrogens with one attached hydrogen (secondary N) is 1. The number of pyridine rings is 1. The van der Waals surface area contributed by atoms with E-state index < -0.39 is 0 Å². The lowest BCUT2D eigenvalue weighted by Gasteiger charge is -2.03. The average molecular weight is 207 g/mol. The summed E-state index contributed by atoms with van der Waals surface area (Å²) < 4.78 is 0. The van der Waals surface area contributed by atoms with E-state index in [-0.39, 0.29) is 11.6 Å². The zero-order chi connectivity index (χ0) is 11.3. The molecule has 5 nitrogen and oxygen atoms in total. The van der Waals surface area contributed by atoms with Crippen molar-refractivity contribution in [1.82, 2.24) is 10.3 Å². The van der Waals surface area contributed by atoms with Crippen LogP contribution in [0, 0.1) is 0 Å². The van der Waals surface area contributed by atoms with E-state index in [2.05, 4.69) is 10.3 Å². The number of allylic oxidation sites excluding steroid dienone is 1. The van der Waals surface area contributed by atoms with Crippen molar-refractivity contribution in [2.75, 3.05) is 7.05 Å². The van der Waals surface area contributed by atoms with Crippen LogP contribution in [-0.4, -0.2) is 17.9 Å². The summed E-state index contributed by atoms with van der Waals surface area (Å²) in [7, 11) is 1.72. The van der Waals surface area contributed by atoms with Crippen molar-refractivity contribution in [3.05, 3.63) is 35.8 Å². The van der Waals surface area contributed by atoms with E-state index in [9.17, 15) is 4.79 Å². The summed E-state index contributed by atoms with van der Waals surface area (Å²) in [5.74, 6) is 0.370. The molecule has 0 radical (unpaired) electrons. The second-order valence-electron chi connectivity index (χ2n) is 3.05. The molecule has 0 bridgehead atoms. The molecule has 0 spiro atoms. The summed E-state index contributed by atoms with van der Waals surface area (Å²) in [4.78, 5) is 15.6. The van der Waals surface area contributed by atoms with Crippen LogP contribution in [0.1, 0.15) is 6.92 Å². The quantitative estimate of drug-likeness (QED) is 0.567. The molecule has 5 N–H and O–H groups in total. The number of nitrogens with two attached hydrogens (primary N) is 2. The van der Waals surface area contributed by atoms with Crippen molar-refractivity contribution in [3.8, 4) is 0 Å². The summed E-state index contributed by atoms with van der Waals surface area (Å²) in [6.45, 7) is 1.75. The maximum Gasteiger partial charge on any atom is 0.366 e. The van der Waals surface area contributed by atoms with E-state index in [1.807, 2.05) is 6.07 Å². The summed E-state index contributed by atoms with van der Waals surface area (Å²) in [6.07, 6.45) is 1.63. The standard InChI is InChI=1S/C10H14N4O/c1-7(12-2)9(11)10(15)14-8-5-3-4-6-13-8/h3-6,12H,11H2,1-2H3,(H,13,14,15)/p+1/b9-7+. The lowest BCUT2D eigenvalue weighted by Crippen LogP contribution is -2.83. The van der Waals surface area contributed by atoms with Gasteiger partial charge < -0.3 is 11.1 Å². The van der Waals surface area contributed by atoms with Gasteiger partial charge in [0.2, 0.25) is 5.82 Å². The van der Waals surface area contributed by atoms with Gasteiger partial charge in [0.05, 0.1) is 0 Å². The predicted molar refractivity (Wildman–Crippen MR) is 56.8 cm³/mol. The highest BCUT2D eigenvalue weighted by Crippen LogP contribution is 1.93. The Labute approximate surface area is 88.4 Å². The third kappa shape index (κ3) is 3.07. The first-order valence-electron chi connectivity index (χ1n) is 4.59. The highest BCUT2D eigenvalue weighted by molar-refractivity contribution is 5.86. The maximum atomic E-state index is 11.6. The molecule has 0 unspecified atom stereocenters. The van der Waals surface area contributed by atoms with Gasteiger partial charge in [0, 0.05) is 25.0 Å². The number of nitrogens with zero attached hydrogens (tertiary/aromatic N) is 1. The first kappa shape index (κ1) is 11.2. The van der Waals surface area contributed by atoms with Crippen molar-refractivity contribution in [2.45, 2.75) is 6.92 Å². The van der Waals surface area contributed by atoms with Crippen LogP contribution >= 0.6 is 0 Å². The van der Waals surface area contributed by atoms with Crippen LogP contribution in [0.15, 0.2) is 35.8 Å². The van der Waals surface area contributed by atoms with Gasteiger partial charge in [-0.3, -0.25) is 0 Å². The van der Waals surface area contributed by atoms with Gasteiger partial charge in [-0.25, -0.2) is 15.1 Å². The first-order chi connectivity index (χ1) is 7.15. The number of carbonyl (C=O) groups is 1. The molecular weight excluding hydrogens is 192 g/mol. The fraction of sp³-hybridized carbons (Fsp3) is 0.200. The van der Waals surface area contributed by atoms with Gasteiger partial charge in [0.15, 0.2) is 5.70 Å². The van der Waals surface area contributed by atoms with Crippen molar-refractivity contribution >= 4 is 11.7 Å². The van der Waals surface area contributed by atoms with Crippen LogP contribution in [-0.2, 0) is 4.79 Å². The van der Waals surface area contributed by atoms with E-state index in [1.54, 1.807) is 32.3 Å². The largest absolute Gasteiger partial charge is 0.390 e. The zero-order valence-electron chi connectivity index (χ0n) is 8.82. The number of hydrogen-bond donors (Lipinski definition) is 3. The number of primary amides is 1. The molecule has 1 aromatic rings. The third-order valence-electron chi connectivity index (χ3n) is 2.01. The minimum atomic E-state index is -0.236. The molecule has 0 atom stereocenters. The van der Waals surface area contributed by atoms with Crippen LogP contribution in [0.4, 0.5) is 5.82 Å². The van der Waals surface area contributed by atoms with Crippen molar-refractivity contribution in [3.63, 3.8) is 0 Å². The van der Waals surface area contributed by atoms with Gasteiger partial charge in [0.25, 0.3) is 0 Å². The van der Waals surface area contributed by atoms with Crippen LogP contribution in [0.3, 0.4) is 0 Å². The Hall–Kier alpha value is -1.88. The number of quaternary nitrogens is 1. The molecule has 0 saturated heterocycles. The Balaban J connectivity index is 2.73. The summed E-state index contributed by atoms with van der Waals surface area (Å²) >= 11 is 0. The molecule has 15 heavy (non-hydrogen) atoms. The zero-order valence-corrected chi connectivity index (χ0v) is 8.82. The highest BCUT2D eigenvalue weighted by atomic mass is 16.2. The summed E-state index contributed by atoms with van der Waals surface area (Å²) in [6, 6.07) is 5.36. The molecule has 1 aromatic heterocycles. The van der Waals surface area contributed by atoms with E-state index in [1.165, 1.54) is 5.32 Å². The van der Waals surface area contributed by atoms with Gasteiger partial charge in [-0.05, 0) is 13.0 Å². The van der Waals surface area contributed by atoms with Gasteiger partial charge in [-0.2, -0.15) is 0 Å². The van der Waals surface area contributed by atoms with Gasteiger partial charge >= 0.3 is 5.91 Å². The minimum absolute atomic E-state index is 0.211. The van der Waals surface area contributed by atoms with Crippen LogP contribution < -0.4 is 16.4 Å². The Morgan fingerprint density at radius 1 is 1.53 bits per heavy atom. The Kier molecular flexibility index (Phi) is 3.82. The molecule has 1 amide bonds. The van der Waals surface area contributed by atoms with Crippen LogP contribution in [0.2, 0.25) is 0 Å². The van der Waals surface area contributed by atoms with Crippen molar-refractivity contribution in [2.24, 2.45) is 5.73 Å². The molecule has 0 aliphatic heterocycles. The molecule has 1 heterocycles. The monoisotopic (exact) mass is 207 g/mol. The smallest absolute Gasteiger partial charge is 0.366 e. The lowest BCUT2D eigenvalue weighted by atomic mass is 10.3. The minimum Gasteiger partial charge on any atom is -0.390 e. The Bertz CT molecular complexity index is 372. The SMILES string of the molecule is CN/C(C)=C(/N)C(=O)[NH2+]c1ccccn1. The number of carbonyl (C=O) groups excluding carboxylic acids is 1. The molecule has 0 saturated carbocycles. The second-order valence-corrected chi connectivity index (χ2v) is 3.05. The number of amides is 1. The first-order valence-corrected chi connectivity index (χ1v) is 4.59. The highest BCUT2D eigenvalue weighted by Gasteiger charge is 2.14. The number of aromatic nitrogens is 1. The topological polar surface area (TPSA) is 84.6 Å². The summed E-state index contributed by atoms with van der Waals surface area (Å²) in [5.41, 5.74) is 6.50. The van der Waals surface area contributed by atoms with E-state index >= 15 is 0 Å². The normalized spacial score (nSPS) is 11.9. The van der Waals surface area contributed by atoms with Gasteiger partial charge in [-0.1, -0.05) is 6.07 Å². The molecule has 0 fully saturated rings. The maximum absolute atomic E-state index is 11.6. The molecule has 0 aromatic carbocycles. The summed E-state index contributed by atoms with van der Waals surface area (Å²) in [5, 5.41) is 4.24. The molecule has 0 aliphatic carbocycles. The van der Waals surface area contributed by atoms with Crippen molar-refractivity contribution < 1.29 is 10.1 Å². The Morgan fingerprint density at radius 2 is 2.27 bits per heavy atom. The molecule has 1 rings (SSSR count). The fourth-order valence-electron chi connectivity index (χ4n) is 0.993. The van der Waals surface area contributed by atoms with E-state index in [4.69, 9.17) is 5.73 Å². The molecular formula is C10H15N4O+. The van der Waals surface area contributed by atoms with E-state index in [0.717, 1.165) is 0 Å². The van der Waals surface area contributed by atoms with Crippen molar-refractivity contribution in [1.29, 1.82) is 0 Å². The van der Waals surface area contributed by atoms with Crippen LogP contribution in [0.25, 0.3) is 0 Å². The fourth-order valence-corrected chi connectivity index (χ4v) is 0.993. The van der Waals surface area contributed by atoms with Crippen LogP contribution in [0.5, 0.6) is 0 Å². The second kappa shape index (κ2) is 5.11. The number of hydrogen-bond acceptors (Lipinski definition) is 4. The lowest BCUT2D eigenvalue weighted by molar-refractivity contribution is -0.483. The van der Waals surface area contributed by atoms with Gasteiger partial charge in [-0.15, -0.1) is 0 Å². The third-order valence-corrected chi connectivity index (χ3v) is 2.01. The van der Waals surface area contributed by atoms with Gasteiger partial charge in [0.1, 0.15) is 0 Å². The molecule has 0 aliphatic rings. The molecule has 80 valence electrons. The Morgan fingerprint density at radius 3 is 2.80 bits per heavy atom. The predicted octanol–water partition coefficient (Wildman–Crippen LogP) is -0.787. The average Bonchev–Trinajstić information content (AvgIpc) is 2.28. The number of rotatable bonds is 3.